The zero-order chi connectivity index (χ0) is 13.3. The Hall–Kier alpha value is -0.120. The normalized spacial score (nSPS) is 39.2. The molecule has 3 aliphatic rings. The summed E-state index contributed by atoms with van der Waals surface area (Å²) in [5.41, 5.74) is 6.13. The molecule has 3 fully saturated rings. The maximum absolute atomic E-state index is 10.7. The van der Waals surface area contributed by atoms with Gasteiger partial charge in [-0.2, -0.15) is 0 Å². The Bertz CT molecular complexity index is 314. The quantitative estimate of drug-likeness (QED) is 0.823. The van der Waals surface area contributed by atoms with Crippen molar-refractivity contribution < 1.29 is 5.11 Å². The second-order valence-corrected chi connectivity index (χ2v) is 7.44. The molecular weight excluding hydrogens is 236 g/mol. The van der Waals surface area contributed by atoms with E-state index in [0.717, 1.165) is 32.5 Å². The van der Waals surface area contributed by atoms with Crippen LogP contribution in [-0.4, -0.2) is 41.8 Å². The smallest absolute Gasteiger partial charge is 0.0700 e. The average Bonchev–Trinajstić information content (AvgIpc) is 2.88. The molecule has 3 N–H and O–H groups in total. The number of aliphatic hydroxyl groups is 1. The van der Waals surface area contributed by atoms with Gasteiger partial charge in [0.05, 0.1) is 5.60 Å². The molecule has 2 unspecified atom stereocenters. The minimum absolute atomic E-state index is 0.333. The molecule has 0 aromatic carbocycles. The van der Waals surface area contributed by atoms with Crippen LogP contribution in [0.25, 0.3) is 0 Å². The van der Waals surface area contributed by atoms with Crippen molar-refractivity contribution >= 4 is 0 Å². The van der Waals surface area contributed by atoms with Crippen molar-refractivity contribution in [2.24, 2.45) is 17.1 Å². The fraction of sp³-hybridized carbons (Fsp3) is 1.00. The Balaban J connectivity index is 1.61. The maximum Gasteiger partial charge on any atom is 0.0700 e. The first-order chi connectivity index (χ1) is 9.16. The van der Waals surface area contributed by atoms with E-state index < -0.39 is 0 Å². The summed E-state index contributed by atoms with van der Waals surface area (Å²) in [5, 5.41) is 10.7. The Morgan fingerprint density at radius 2 is 1.79 bits per heavy atom. The van der Waals surface area contributed by atoms with Crippen molar-refractivity contribution in [2.45, 2.75) is 63.4 Å². The van der Waals surface area contributed by atoms with E-state index in [4.69, 9.17) is 5.73 Å². The summed E-state index contributed by atoms with van der Waals surface area (Å²) < 4.78 is 0. The van der Waals surface area contributed by atoms with Gasteiger partial charge in [-0.1, -0.05) is 25.7 Å². The van der Waals surface area contributed by atoms with Crippen molar-refractivity contribution in [3.05, 3.63) is 0 Å². The number of hydrogen-bond donors (Lipinski definition) is 2. The maximum atomic E-state index is 10.7. The van der Waals surface area contributed by atoms with Gasteiger partial charge in [0.15, 0.2) is 0 Å². The van der Waals surface area contributed by atoms with E-state index in [1.54, 1.807) is 0 Å². The lowest BCUT2D eigenvalue weighted by molar-refractivity contribution is -0.100. The molecule has 1 heterocycles. The molecule has 0 aromatic heterocycles. The number of hydrogen-bond acceptors (Lipinski definition) is 3. The summed E-state index contributed by atoms with van der Waals surface area (Å²) in [4.78, 5) is 2.61. The van der Waals surface area contributed by atoms with Gasteiger partial charge >= 0.3 is 0 Å². The van der Waals surface area contributed by atoms with Crippen LogP contribution in [0, 0.1) is 11.3 Å². The van der Waals surface area contributed by atoms with Crippen LogP contribution in [0.5, 0.6) is 0 Å². The summed E-state index contributed by atoms with van der Waals surface area (Å²) in [6.07, 6.45) is 11.1. The van der Waals surface area contributed by atoms with Gasteiger partial charge in [-0.25, -0.2) is 0 Å². The van der Waals surface area contributed by atoms with E-state index >= 15 is 0 Å². The second kappa shape index (κ2) is 5.34. The Morgan fingerprint density at radius 3 is 2.53 bits per heavy atom. The highest BCUT2D eigenvalue weighted by atomic mass is 16.3. The van der Waals surface area contributed by atoms with Crippen LogP contribution in [-0.2, 0) is 0 Å². The molecule has 2 saturated carbocycles. The minimum Gasteiger partial charge on any atom is -0.390 e. The SMILES string of the molecule is NCC1(CN2CCC3(O)CCCCC3C2)CCCC1. The first-order valence-corrected chi connectivity index (χ1v) is 8.31. The average molecular weight is 266 g/mol. The van der Waals surface area contributed by atoms with Crippen LogP contribution in [0.4, 0.5) is 0 Å². The van der Waals surface area contributed by atoms with E-state index in [0.29, 0.717) is 11.3 Å². The molecule has 110 valence electrons. The van der Waals surface area contributed by atoms with E-state index in [-0.39, 0.29) is 5.60 Å². The molecular formula is C16H30N2O. The van der Waals surface area contributed by atoms with Crippen LogP contribution >= 0.6 is 0 Å². The van der Waals surface area contributed by atoms with Crippen molar-refractivity contribution in [2.75, 3.05) is 26.2 Å². The molecule has 3 heteroatoms. The predicted octanol–water partition coefficient (Wildman–Crippen LogP) is 2.13. The Kier molecular flexibility index (Phi) is 3.89. The second-order valence-electron chi connectivity index (χ2n) is 7.44. The summed E-state index contributed by atoms with van der Waals surface area (Å²) >= 11 is 0. The van der Waals surface area contributed by atoms with Gasteiger partial charge in [-0.15, -0.1) is 0 Å². The van der Waals surface area contributed by atoms with Gasteiger partial charge in [-0.05, 0) is 44.1 Å². The molecule has 3 nitrogen and oxygen atoms in total. The van der Waals surface area contributed by atoms with Crippen molar-refractivity contribution in [1.29, 1.82) is 0 Å². The minimum atomic E-state index is -0.333. The third-order valence-corrected chi connectivity index (χ3v) is 6.17. The first-order valence-electron chi connectivity index (χ1n) is 8.31. The van der Waals surface area contributed by atoms with Crippen LogP contribution in [0.2, 0.25) is 0 Å². The zero-order valence-electron chi connectivity index (χ0n) is 12.2. The largest absolute Gasteiger partial charge is 0.390 e. The third-order valence-electron chi connectivity index (χ3n) is 6.17. The summed E-state index contributed by atoms with van der Waals surface area (Å²) in [6.45, 7) is 4.21. The van der Waals surface area contributed by atoms with Crippen LogP contribution in [0.1, 0.15) is 57.8 Å². The van der Waals surface area contributed by atoms with Gasteiger partial charge < -0.3 is 15.7 Å². The van der Waals surface area contributed by atoms with Gasteiger partial charge in [0.2, 0.25) is 0 Å². The Morgan fingerprint density at radius 1 is 1.05 bits per heavy atom. The molecule has 0 radical (unpaired) electrons. The number of rotatable bonds is 3. The lowest BCUT2D eigenvalue weighted by Gasteiger charge is -2.49. The Labute approximate surface area is 117 Å². The summed E-state index contributed by atoms with van der Waals surface area (Å²) in [5.74, 6) is 0.520. The lowest BCUT2D eigenvalue weighted by atomic mass is 9.71. The fourth-order valence-electron chi connectivity index (χ4n) is 4.81. The van der Waals surface area contributed by atoms with Gasteiger partial charge in [0.25, 0.3) is 0 Å². The van der Waals surface area contributed by atoms with Crippen LogP contribution in [0.15, 0.2) is 0 Å². The predicted molar refractivity (Wildman–Crippen MR) is 77.9 cm³/mol. The highest BCUT2D eigenvalue weighted by Crippen LogP contribution is 2.42. The molecule has 3 rings (SSSR count). The number of nitrogens with zero attached hydrogens (tertiary/aromatic N) is 1. The standard InChI is InChI=1S/C16H30N2O/c17-12-15(6-3-4-7-15)13-18-10-9-16(19)8-2-1-5-14(16)11-18/h14,19H,1-13,17H2. The third kappa shape index (κ3) is 2.70. The monoisotopic (exact) mass is 266 g/mol. The molecule has 19 heavy (non-hydrogen) atoms. The van der Waals surface area contributed by atoms with Crippen LogP contribution < -0.4 is 5.73 Å². The van der Waals surface area contributed by atoms with E-state index in [1.165, 1.54) is 51.5 Å². The van der Waals surface area contributed by atoms with Crippen molar-refractivity contribution in [1.82, 2.24) is 4.90 Å². The molecule has 0 amide bonds. The first kappa shape index (κ1) is 13.8. The van der Waals surface area contributed by atoms with Gasteiger partial charge in [0.1, 0.15) is 0 Å². The number of fused-ring (bicyclic) bond motifs is 1. The zero-order valence-corrected chi connectivity index (χ0v) is 12.2. The number of piperidine rings is 1. The van der Waals surface area contributed by atoms with E-state index in [9.17, 15) is 5.11 Å². The highest BCUT2D eigenvalue weighted by Gasteiger charge is 2.44. The molecule has 2 atom stereocenters. The molecule has 1 saturated heterocycles. The van der Waals surface area contributed by atoms with Gasteiger partial charge in [0, 0.05) is 25.6 Å². The molecule has 1 aliphatic heterocycles. The lowest BCUT2D eigenvalue weighted by Crippen LogP contribution is -2.55. The topological polar surface area (TPSA) is 49.5 Å². The summed E-state index contributed by atoms with van der Waals surface area (Å²) in [6, 6.07) is 0. The fourth-order valence-corrected chi connectivity index (χ4v) is 4.81. The van der Waals surface area contributed by atoms with Gasteiger partial charge in [-0.3, -0.25) is 0 Å². The number of nitrogens with two attached hydrogens (primary N) is 1. The summed E-state index contributed by atoms with van der Waals surface area (Å²) in [7, 11) is 0. The van der Waals surface area contributed by atoms with Crippen molar-refractivity contribution in [3.63, 3.8) is 0 Å². The molecule has 0 aromatic rings. The van der Waals surface area contributed by atoms with Crippen molar-refractivity contribution in [3.8, 4) is 0 Å². The highest BCUT2D eigenvalue weighted by molar-refractivity contribution is 4.97. The molecule has 0 bridgehead atoms. The molecule has 0 spiro atoms. The number of likely N-dealkylation sites (tertiary alicyclic amines) is 1. The van der Waals surface area contributed by atoms with E-state index in [2.05, 4.69) is 4.90 Å². The molecule has 2 aliphatic carbocycles. The van der Waals surface area contributed by atoms with E-state index in [1.807, 2.05) is 0 Å². The van der Waals surface area contributed by atoms with Crippen LogP contribution in [0.3, 0.4) is 0 Å².